The Balaban J connectivity index is 1.52. The molecule has 194 valence electrons. The summed E-state index contributed by atoms with van der Waals surface area (Å²) >= 11 is 0. The van der Waals surface area contributed by atoms with Crippen LogP contribution >= 0.6 is 0 Å². The number of anilines is 2. The molecule has 0 bridgehead atoms. The number of rotatable bonds is 6. The molecule has 0 aliphatic carbocycles. The van der Waals surface area contributed by atoms with Gasteiger partial charge < -0.3 is 20.2 Å². The van der Waals surface area contributed by atoms with Crippen molar-refractivity contribution in [2.24, 2.45) is 0 Å². The van der Waals surface area contributed by atoms with E-state index >= 15 is 0 Å². The van der Waals surface area contributed by atoms with E-state index in [0.717, 1.165) is 10.8 Å². The lowest BCUT2D eigenvalue weighted by atomic mass is 10.1. The number of nitrogens with one attached hydrogen (secondary N) is 1. The van der Waals surface area contributed by atoms with Crippen molar-refractivity contribution in [3.05, 3.63) is 85.2 Å². The van der Waals surface area contributed by atoms with Gasteiger partial charge in [-0.2, -0.15) is 5.26 Å². The summed E-state index contributed by atoms with van der Waals surface area (Å²) in [6.07, 6.45) is 3.01. The van der Waals surface area contributed by atoms with Gasteiger partial charge in [-0.15, -0.1) is 0 Å². The van der Waals surface area contributed by atoms with Crippen LogP contribution in [0.25, 0.3) is 22.3 Å². The van der Waals surface area contributed by atoms with Crippen LogP contribution in [-0.2, 0) is 4.79 Å². The third-order valence-electron chi connectivity index (χ3n) is 6.53. The number of carbonyl (C=O) groups excluding carboxylic acids is 2. The van der Waals surface area contributed by atoms with E-state index in [1.807, 2.05) is 29.2 Å². The summed E-state index contributed by atoms with van der Waals surface area (Å²) in [6.45, 7) is 4.73. The van der Waals surface area contributed by atoms with Crippen LogP contribution in [0.1, 0.15) is 16.9 Å². The summed E-state index contributed by atoms with van der Waals surface area (Å²) in [5.74, 6) is 0.0495. The largest absolute Gasteiger partial charge is 0.508 e. The molecule has 0 unspecified atom stereocenters. The number of piperazine rings is 1. The maximum absolute atomic E-state index is 13.5. The zero-order valence-electron chi connectivity index (χ0n) is 21.0. The van der Waals surface area contributed by atoms with Gasteiger partial charge in [0.05, 0.1) is 24.2 Å². The average Bonchev–Trinajstić information content (AvgIpc) is 2.97. The number of carbonyl (C=O) groups is 2. The van der Waals surface area contributed by atoms with Gasteiger partial charge >= 0.3 is 0 Å². The summed E-state index contributed by atoms with van der Waals surface area (Å²) in [5.41, 5.74) is 1.04. The second-order valence-electron chi connectivity index (χ2n) is 9.02. The molecule has 3 heterocycles. The molecule has 39 heavy (non-hydrogen) atoms. The van der Waals surface area contributed by atoms with Gasteiger partial charge in [-0.25, -0.2) is 9.97 Å². The molecule has 0 radical (unpaired) electrons. The summed E-state index contributed by atoms with van der Waals surface area (Å²) < 4.78 is 0. The van der Waals surface area contributed by atoms with Crippen LogP contribution in [0.2, 0.25) is 0 Å². The van der Waals surface area contributed by atoms with Gasteiger partial charge in [0.15, 0.2) is 5.82 Å². The van der Waals surface area contributed by atoms with E-state index < -0.39 is 5.91 Å². The Morgan fingerprint density at radius 3 is 2.72 bits per heavy atom. The quantitative estimate of drug-likeness (QED) is 0.368. The van der Waals surface area contributed by atoms with E-state index in [4.69, 9.17) is 4.98 Å². The number of nitriles is 1. The Kier molecular flexibility index (Phi) is 7.14. The normalized spacial score (nSPS) is 15.0. The molecule has 1 aliphatic heterocycles. The predicted octanol–water partition coefficient (Wildman–Crippen LogP) is 3.77. The Hall–Kier alpha value is -5.30. The van der Waals surface area contributed by atoms with Crippen LogP contribution in [0, 0.1) is 11.3 Å². The van der Waals surface area contributed by atoms with E-state index in [1.54, 1.807) is 41.4 Å². The molecule has 5 rings (SSSR count). The van der Waals surface area contributed by atoms with Gasteiger partial charge in [-0.05, 0) is 29.7 Å². The molecular weight excluding hydrogens is 494 g/mol. The van der Waals surface area contributed by atoms with E-state index in [0.29, 0.717) is 36.8 Å². The van der Waals surface area contributed by atoms with E-state index in [9.17, 15) is 20.0 Å². The molecular formula is C29H25N7O3. The molecule has 2 amide bonds. The van der Waals surface area contributed by atoms with Crippen molar-refractivity contribution in [3.8, 4) is 23.3 Å². The van der Waals surface area contributed by atoms with Gasteiger partial charge in [0.25, 0.3) is 5.91 Å². The number of pyridine rings is 1. The second-order valence-corrected chi connectivity index (χ2v) is 9.02. The average molecular weight is 520 g/mol. The number of amides is 2. The molecule has 2 aromatic carbocycles. The highest BCUT2D eigenvalue weighted by Gasteiger charge is 2.30. The van der Waals surface area contributed by atoms with Crippen LogP contribution in [0.4, 0.5) is 11.5 Å². The minimum atomic E-state index is -0.486. The predicted molar refractivity (Wildman–Crippen MR) is 147 cm³/mol. The van der Waals surface area contributed by atoms with Gasteiger partial charge in [0, 0.05) is 43.4 Å². The summed E-state index contributed by atoms with van der Waals surface area (Å²) in [6, 6.07) is 19.2. The Morgan fingerprint density at radius 1 is 1.13 bits per heavy atom. The van der Waals surface area contributed by atoms with Gasteiger partial charge in [-0.1, -0.05) is 36.9 Å². The van der Waals surface area contributed by atoms with Gasteiger partial charge in [0.1, 0.15) is 23.0 Å². The smallest absolute Gasteiger partial charge is 0.274 e. The number of benzene rings is 2. The number of hydrogen-bond acceptors (Lipinski definition) is 8. The first-order chi connectivity index (χ1) is 19.0. The molecule has 1 fully saturated rings. The maximum atomic E-state index is 13.5. The van der Waals surface area contributed by atoms with Crippen LogP contribution < -0.4 is 10.2 Å². The monoisotopic (exact) mass is 519 g/mol. The zero-order valence-corrected chi connectivity index (χ0v) is 21.0. The van der Waals surface area contributed by atoms with Crippen LogP contribution in [0.15, 0.2) is 79.5 Å². The fourth-order valence-electron chi connectivity index (χ4n) is 4.66. The van der Waals surface area contributed by atoms with Gasteiger partial charge in [-0.3, -0.25) is 14.6 Å². The summed E-state index contributed by atoms with van der Waals surface area (Å²) in [7, 11) is 0. The number of aromatic hydroxyl groups is 1. The Labute approximate surface area is 224 Å². The molecule has 0 saturated carbocycles. The SMILES string of the molecule is C=CC(=O)N1CCN(c2cc(C(=O)Nc3cc(O)cc4ccccc34)nc(-c3ccccn3)n2)C[C@@H]1CC#N. The molecule has 1 aliphatic rings. The molecule has 1 saturated heterocycles. The highest BCUT2D eigenvalue weighted by molar-refractivity contribution is 6.09. The minimum absolute atomic E-state index is 0.0250. The fraction of sp³-hybridized carbons (Fsp3) is 0.172. The van der Waals surface area contributed by atoms with Crippen LogP contribution in [0.5, 0.6) is 5.75 Å². The number of phenols is 1. The molecule has 10 nitrogen and oxygen atoms in total. The second kappa shape index (κ2) is 11.0. The Morgan fingerprint density at radius 2 is 1.95 bits per heavy atom. The number of fused-ring (bicyclic) bond motifs is 1. The Bertz CT molecular complexity index is 1600. The van der Waals surface area contributed by atoms with E-state index in [2.05, 4.69) is 27.9 Å². The number of nitrogens with zero attached hydrogens (tertiary/aromatic N) is 6. The van der Waals surface area contributed by atoms with Crippen LogP contribution in [-0.4, -0.2) is 62.4 Å². The van der Waals surface area contributed by atoms with Crippen molar-refractivity contribution < 1.29 is 14.7 Å². The zero-order chi connectivity index (χ0) is 27.4. The highest BCUT2D eigenvalue weighted by atomic mass is 16.3. The highest BCUT2D eigenvalue weighted by Crippen LogP contribution is 2.29. The maximum Gasteiger partial charge on any atom is 0.274 e. The number of hydrogen-bond donors (Lipinski definition) is 2. The first-order valence-electron chi connectivity index (χ1n) is 12.4. The lowest BCUT2D eigenvalue weighted by Crippen LogP contribution is -2.55. The minimum Gasteiger partial charge on any atom is -0.508 e. The first kappa shape index (κ1) is 25.4. The molecule has 1 atom stereocenters. The topological polar surface area (TPSA) is 135 Å². The van der Waals surface area contributed by atoms with E-state index in [1.165, 1.54) is 12.1 Å². The number of aromatic nitrogens is 3. The molecule has 0 spiro atoms. The third-order valence-corrected chi connectivity index (χ3v) is 6.53. The fourth-order valence-corrected chi connectivity index (χ4v) is 4.66. The van der Waals surface area contributed by atoms with Crippen molar-refractivity contribution in [1.29, 1.82) is 5.26 Å². The summed E-state index contributed by atoms with van der Waals surface area (Å²) in [5, 5.41) is 24.0. The van der Waals surface area contributed by atoms with Gasteiger partial charge in [0.2, 0.25) is 5.91 Å². The van der Waals surface area contributed by atoms with Crippen LogP contribution in [0.3, 0.4) is 0 Å². The van der Waals surface area contributed by atoms with Crippen molar-refractivity contribution in [2.75, 3.05) is 29.9 Å². The molecule has 2 aromatic heterocycles. The lowest BCUT2D eigenvalue weighted by molar-refractivity contribution is -0.128. The standard InChI is InChI=1S/C29H25N7O3/c1-2-27(38)36-14-13-35(18-20(36)10-11-30)26-17-25(32-28(34-26)23-9-5-6-12-31-23)29(39)33-24-16-21(37)15-19-7-3-4-8-22(19)24/h2-9,12,15-17,20,37H,1,10,13-14,18H2,(H,33,39)/t20-/m0/s1. The lowest BCUT2D eigenvalue weighted by Gasteiger charge is -2.40. The van der Waals surface area contributed by atoms with Crippen molar-refractivity contribution >= 4 is 34.1 Å². The van der Waals surface area contributed by atoms with Crippen molar-refractivity contribution in [1.82, 2.24) is 19.9 Å². The first-order valence-corrected chi connectivity index (χ1v) is 12.4. The molecule has 10 heteroatoms. The number of phenolic OH excluding ortho intramolecular Hbond substituents is 1. The summed E-state index contributed by atoms with van der Waals surface area (Å²) in [4.78, 5) is 43.0. The third kappa shape index (κ3) is 5.38. The molecule has 4 aromatic rings. The molecule has 2 N–H and O–H groups in total. The van der Waals surface area contributed by atoms with E-state index in [-0.39, 0.29) is 35.6 Å². The van der Waals surface area contributed by atoms with Crippen molar-refractivity contribution in [2.45, 2.75) is 12.5 Å². The van der Waals surface area contributed by atoms with Crippen molar-refractivity contribution in [3.63, 3.8) is 0 Å².